The predicted octanol–water partition coefficient (Wildman–Crippen LogP) is 4.87. The second-order valence-electron chi connectivity index (χ2n) is 8.97. The second kappa shape index (κ2) is 11.2. The molecule has 0 fully saturated rings. The minimum absolute atomic E-state index is 0.0760. The monoisotopic (exact) mass is 494 g/mol. The number of hydrogen-bond acceptors (Lipinski definition) is 7. The number of nitrogens with one attached hydrogen (secondary N) is 1. The number of carbonyl (C=O) groups excluding carboxylic acids is 1. The summed E-state index contributed by atoms with van der Waals surface area (Å²) in [5.74, 6) is -3.17. The molecule has 0 aromatic heterocycles. The molecule has 1 aliphatic rings. The molecule has 0 amide bonds. The van der Waals surface area contributed by atoms with Crippen molar-refractivity contribution in [2.24, 2.45) is 5.92 Å². The molecule has 2 aromatic carbocycles. The molecule has 190 valence electrons. The largest absolute Gasteiger partial charge is 0.478 e. The summed E-state index contributed by atoms with van der Waals surface area (Å²) in [4.78, 5) is 36.9. The summed E-state index contributed by atoms with van der Waals surface area (Å²) in [6, 6.07) is 15.0. The van der Waals surface area contributed by atoms with E-state index < -0.39 is 35.0 Å². The summed E-state index contributed by atoms with van der Waals surface area (Å²) in [7, 11) is 1.54. The van der Waals surface area contributed by atoms with Gasteiger partial charge in [-0.05, 0) is 30.9 Å². The van der Waals surface area contributed by atoms with Crippen molar-refractivity contribution in [3.05, 3.63) is 98.4 Å². The number of nitrogens with zero attached hydrogens (tertiary/aromatic N) is 1. The van der Waals surface area contributed by atoms with Gasteiger partial charge in [-0.25, -0.2) is 9.59 Å². The zero-order valence-electron chi connectivity index (χ0n) is 20.8. The maximum Gasteiger partial charge on any atom is 0.337 e. The van der Waals surface area contributed by atoms with Gasteiger partial charge in [-0.15, -0.1) is 0 Å². The van der Waals surface area contributed by atoms with Crippen LogP contribution in [0.2, 0.25) is 0 Å². The Morgan fingerprint density at radius 1 is 1.03 bits per heavy atom. The fourth-order valence-electron chi connectivity index (χ4n) is 4.54. The van der Waals surface area contributed by atoms with Crippen molar-refractivity contribution < 1.29 is 29.1 Å². The van der Waals surface area contributed by atoms with Crippen molar-refractivity contribution in [2.45, 2.75) is 45.8 Å². The first kappa shape index (κ1) is 26.6. The third-order valence-corrected chi connectivity index (χ3v) is 6.21. The fraction of sp³-hybridized carbons (Fsp3) is 0.333. The van der Waals surface area contributed by atoms with E-state index >= 15 is 0 Å². The molecule has 0 saturated heterocycles. The topological polar surface area (TPSA) is 128 Å². The molecule has 9 heteroatoms. The Hall–Kier alpha value is -3.98. The van der Waals surface area contributed by atoms with Gasteiger partial charge in [0, 0.05) is 30.6 Å². The number of allylic oxidation sites excluding steroid dienone is 2. The van der Waals surface area contributed by atoms with Crippen LogP contribution in [0.4, 0.5) is 5.69 Å². The van der Waals surface area contributed by atoms with Gasteiger partial charge in [0.05, 0.1) is 22.0 Å². The number of nitro groups is 1. The maximum atomic E-state index is 13.7. The van der Waals surface area contributed by atoms with E-state index in [1.54, 1.807) is 19.9 Å². The Labute approximate surface area is 209 Å². The van der Waals surface area contributed by atoms with Crippen LogP contribution in [0.15, 0.2) is 77.1 Å². The Balaban J connectivity index is 2.08. The van der Waals surface area contributed by atoms with Gasteiger partial charge >= 0.3 is 11.9 Å². The SMILES string of the molecule is CO[C@@H](c1ccccc1)C(OC(=O)C1=C(C)NC(C)=C(C(=O)O)C1c1cccc([N+](=O)[O-])c1)C(C)C. The summed E-state index contributed by atoms with van der Waals surface area (Å²) in [5.41, 5.74) is 1.68. The lowest BCUT2D eigenvalue weighted by atomic mass is 9.80. The molecular weight excluding hydrogens is 464 g/mol. The highest BCUT2D eigenvalue weighted by Gasteiger charge is 2.40. The number of carboxylic acids is 1. The first-order valence-electron chi connectivity index (χ1n) is 11.5. The molecule has 0 spiro atoms. The van der Waals surface area contributed by atoms with E-state index in [0.717, 1.165) is 5.56 Å². The Bertz CT molecular complexity index is 1220. The zero-order chi connectivity index (χ0) is 26.6. The molecule has 1 aliphatic heterocycles. The van der Waals surface area contributed by atoms with Crippen LogP contribution >= 0.6 is 0 Å². The number of nitro benzene ring substituents is 1. The molecule has 2 unspecified atom stereocenters. The van der Waals surface area contributed by atoms with E-state index in [2.05, 4.69) is 5.32 Å². The lowest BCUT2D eigenvalue weighted by molar-refractivity contribution is -0.384. The number of carbonyl (C=O) groups is 2. The summed E-state index contributed by atoms with van der Waals surface area (Å²) in [6.07, 6.45) is -1.24. The van der Waals surface area contributed by atoms with Gasteiger partial charge in [-0.2, -0.15) is 0 Å². The van der Waals surface area contributed by atoms with Crippen molar-refractivity contribution in [1.29, 1.82) is 0 Å². The molecule has 0 aliphatic carbocycles. The Kier molecular flexibility index (Phi) is 8.26. The second-order valence-corrected chi connectivity index (χ2v) is 8.97. The zero-order valence-corrected chi connectivity index (χ0v) is 20.8. The average Bonchev–Trinajstić information content (AvgIpc) is 2.83. The highest BCUT2D eigenvalue weighted by molar-refractivity contribution is 5.99. The van der Waals surface area contributed by atoms with Crippen molar-refractivity contribution in [3.63, 3.8) is 0 Å². The Morgan fingerprint density at radius 3 is 2.22 bits per heavy atom. The minimum Gasteiger partial charge on any atom is -0.478 e. The number of hydrogen-bond donors (Lipinski definition) is 2. The third kappa shape index (κ3) is 5.46. The molecule has 0 bridgehead atoms. The van der Waals surface area contributed by atoms with E-state index in [-0.39, 0.29) is 22.8 Å². The number of methoxy groups -OCH3 is 1. The molecule has 1 heterocycles. The van der Waals surface area contributed by atoms with E-state index in [1.807, 2.05) is 44.2 Å². The van der Waals surface area contributed by atoms with Gasteiger partial charge in [0.2, 0.25) is 0 Å². The molecule has 36 heavy (non-hydrogen) atoms. The van der Waals surface area contributed by atoms with Gasteiger partial charge in [-0.3, -0.25) is 10.1 Å². The van der Waals surface area contributed by atoms with E-state index in [9.17, 15) is 24.8 Å². The van der Waals surface area contributed by atoms with Gasteiger partial charge in [0.1, 0.15) is 12.2 Å². The molecule has 3 rings (SSSR count). The quantitative estimate of drug-likeness (QED) is 0.287. The van der Waals surface area contributed by atoms with Gasteiger partial charge in [0.15, 0.2) is 0 Å². The standard InChI is InChI=1S/C27H30N2O7/c1-15(2)24(25(35-5)18-10-7-6-8-11-18)36-27(32)22-17(4)28-16(3)21(26(30)31)23(22)19-12-9-13-20(14-19)29(33)34/h6-15,23-25,28H,1-5H3,(H,30,31)/t23?,24?,25-/m0/s1. The molecule has 2 aromatic rings. The lowest BCUT2D eigenvalue weighted by Crippen LogP contribution is -2.36. The number of non-ortho nitro benzene ring substituents is 1. The molecule has 3 atom stereocenters. The van der Waals surface area contributed by atoms with Crippen LogP contribution in [-0.4, -0.2) is 35.2 Å². The number of aliphatic carboxylic acids is 1. The van der Waals surface area contributed by atoms with Crippen LogP contribution in [0.5, 0.6) is 0 Å². The van der Waals surface area contributed by atoms with Crippen LogP contribution in [0.25, 0.3) is 0 Å². The summed E-state index contributed by atoms with van der Waals surface area (Å²) in [5, 5.41) is 24.4. The molecular formula is C27H30N2O7. The number of benzene rings is 2. The van der Waals surface area contributed by atoms with Crippen molar-refractivity contribution >= 4 is 17.6 Å². The Morgan fingerprint density at radius 2 is 1.67 bits per heavy atom. The lowest BCUT2D eigenvalue weighted by Gasteiger charge is -2.33. The average molecular weight is 495 g/mol. The van der Waals surface area contributed by atoms with E-state index in [0.29, 0.717) is 17.0 Å². The normalized spacial score (nSPS) is 17.4. The van der Waals surface area contributed by atoms with Crippen molar-refractivity contribution in [1.82, 2.24) is 5.32 Å². The number of dihydropyridines is 1. The molecule has 2 N–H and O–H groups in total. The van der Waals surface area contributed by atoms with Crippen LogP contribution in [0, 0.1) is 16.0 Å². The van der Waals surface area contributed by atoms with Crippen LogP contribution in [-0.2, 0) is 19.1 Å². The highest BCUT2D eigenvalue weighted by atomic mass is 16.6. The first-order valence-corrected chi connectivity index (χ1v) is 11.5. The van der Waals surface area contributed by atoms with Crippen LogP contribution < -0.4 is 5.32 Å². The van der Waals surface area contributed by atoms with Gasteiger partial charge in [0.25, 0.3) is 5.69 Å². The van der Waals surface area contributed by atoms with Gasteiger partial charge < -0.3 is 19.9 Å². The summed E-state index contributed by atoms with van der Waals surface area (Å²) in [6.45, 7) is 7.04. The van der Waals surface area contributed by atoms with E-state index in [4.69, 9.17) is 9.47 Å². The minimum atomic E-state index is -1.24. The first-order chi connectivity index (χ1) is 17.1. The van der Waals surface area contributed by atoms with Gasteiger partial charge in [-0.1, -0.05) is 56.3 Å². The number of ether oxygens (including phenoxy) is 2. The number of rotatable bonds is 9. The van der Waals surface area contributed by atoms with Crippen LogP contribution in [0.3, 0.4) is 0 Å². The molecule has 9 nitrogen and oxygen atoms in total. The molecule has 0 radical (unpaired) electrons. The highest BCUT2D eigenvalue weighted by Crippen LogP contribution is 2.40. The number of carboxylic acid groups (broad SMARTS) is 1. The molecule has 0 saturated carbocycles. The van der Waals surface area contributed by atoms with Crippen molar-refractivity contribution in [2.75, 3.05) is 7.11 Å². The van der Waals surface area contributed by atoms with Crippen LogP contribution in [0.1, 0.15) is 50.8 Å². The summed E-state index contributed by atoms with van der Waals surface area (Å²) >= 11 is 0. The fourth-order valence-corrected chi connectivity index (χ4v) is 4.54. The smallest absolute Gasteiger partial charge is 0.337 e. The third-order valence-electron chi connectivity index (χ3n) is 6.21. The number of esters is 1. The predicted molar refractivity (Wildman–Crippen MR) is 133 cm³/mol. The van der Waals surface area contributed by atoms with Crippen molar-refractivity contribution in [3.8, 4) is 0 Å². The summed E-state index contributed by atoms with van der Waals surface area (Å²) < 4.78 is 11.7. The maximum absolute atomic E-state index is 13.7. The van der Waals surface area contributed by atoms with E-state index in [1.165, 1.54) is 25.3 Å².